The summed E-state index contributed by atoms with van der Waals surface area (Å²) in [5, 5.41) is 5.89. The summed E-state index contributed by atoms with van der Waals surface area (Å²) in [6.45, 7) is 4.54. The third-order valence-corrected chi connectivity index (χ3v) is 6.49. The van der Waals surface area contributed by atoms with Gasteiger partial charge in [-0.25, -0.2) is 4.39 Å². The van der Waals surface area contributed by atoms with Crippen molar-refractivity contribution in [3.8, 4) is 0 Å². The molecule has 4 heterocycles. The largest absolute Gasteiger partial charge is 0.337 e. The quantitative estimate of drug-likeness (QED) is 0.843. The highest BCUT2D eigenvalue weighted by atomic mass is 32.1. The molecule has 0 aromatic carbocycles. The fourth-order valence-corrected chi connectivity index (χ4v) is 4.83. The Hall–Kier alpha value is -1.73. The van der Waals surface area contributed by atoms with Crippen LogP contribution in [0, 0.1) is 17.7 Å². The molecule has 4 rings (SSSR count). The van der Waals surface area contributed by atoms with Crippen molar-refractivity contribution in [1.82, 2.24) is 19.6 Å². The molecule has 0 aliphatic carbocycles. The minimum atomic E-state index is -0.385. The zero-order valence-corrected chi connectivity index (χ0v) is 15.2. The van der Waals surface area contributed by atoms with E-state index in [0.29, 0.717) is 11.8 Å². The third kappa shape index (κ3) is 3.35. The molecule has 0 unspecified atom stereocenters. The van der Waals surface area contributed by atoms with Crippen LogP contribution < -0.4 is 0 Å². The number of rotatable bonds is 3. The maximum atomic E-state index is 13.7. The first-order chi connectivity index (χ1) is 12.1. The van der Waals surface area contributed by atoms with Crippen molar-refractivity contribution in [1.29, 1.82) is 0 Å². The molecule has 0 radical (unpaired) electrons. The molecule has 0 saturated carbocycles. The number of nitrogens with zero attached hydrogens (tertiary/aromatic N) is 4. The van der Waals surface area contributed by atoms with Gasteiger partial charge in [0.25, 0.3) is 5.91 Å². The molecule has 0 bridgehead atoms. The van der Waals surface area contributed by atoms with E-state index in [4.69, 9.17) is 0 Å². The Balaban J connectivity index is 1.36. The van der Waals surface area contributed by atoms with Gasteiger partial charge in [-0.3, -0.25) is 14.4 Å². The Morgan fingerprint density at radius 2 is 2.00 bits per heavy atom. The topological polar surface area (TPSA) is 41.4 Å². The van der Waals surface area contributed by atoms with Gasteiger partial charge in [0.1, 0.15) is 10.7 Å². The summed E-state index contributed by atoms with van der Waals surface area (Å²) in [7, 11) is 1.98. The normalized spacial score (nSPS) is 24.3. The summed E-state index contributed by atoms with van der Waals surface area (Å²) in [5.74, 6) is 0.545. The number of thiophene rings is 1. The van der Waals surface area contributed by atoms with Crippen molar-refractivity contribution >= 4 is 17.2 Å². The molecule has 2 aromatic rings. The molecule has 0 spiro atoms. The van der Waals surface area contributed by atoms with E-state index >= 15 is 0 Å². The predicted molar refractivity (Wildman–Crippen MR) is 94.9 cm³/mol. The van der Waals surface area contributed by atoms with Crippen LogP contribution in [0.5, 0.6) is 0 Å². The molecule has 2 atom stereocenters. The number of hydrogen-bond acceptors (Lipinski definition) is 4. The van der Waals surface area contributed by atoms with Crippen molar-refractivity contribution in [2.45, 2.75) is 19.4 Å². The van der Waals surface area contributed by atoms with Gasteiger partial charge in [0.2, 0.25) is 0 Å². The second-order valence-electron chi connectivity index (χ2n) is 7.13. The van der Waals surface area contributed by atoms with Gasteiger partial charge in [-0.2, -0.15) is 5.10 Å². The van der Waals surface area contributed by atoms with Crippen molar-refractivity contribution in [2.75, 3.05) is 26.2 Å². The van der Waals surface area contributed by atoms with Crippen LogP contribution in [0.4, 0.5) is 4.39 Å². The van der Waals surface area contributed by atoms with Crippen LogP contribution in [-0.4, -0.2) is 51.7 Å². The first-order valence-electron chi connectivity index (χ1n) is 8.83. The average Bonchev–Trinajstić information content (AvgIpc) is 3.28. The van der Waals surface area contributed by atoms with Crippen molar-refractivity contribution in [3.05, 3.63) is 40.1 Å². The van der Waals surface area contributed by atoms with Crippen molar-refractivity contribution < 1.29 is 9.18 Å². The molecular weight excluding hydrogens is 339 g/mol. The number of hydrogen-bond donors (Lipinski definition) is 0. The molecule has 0 N–H and O–H groups in total. The molecule has 25 heavy (non-hydrogen) atoms. The maximum absolute atomic E-state index is 13.7. The van der Waals surface area contributed by atoms with Gasteiger partial charge in [0.15, 0.2) is 0 Å². The SMILES string of the molecule is Cn1nccc1CN1CC[C@@H]2CN(C(=O)c3sccc3F)C[C@@H]2CC1. The highest BCUT2D eigenvalue weighted by Crippen LogP contribution is 2.33. The lowest BCUT2D eigenvalue weighted by atomic mass is 9.92. The zero-order valence-electron chi connectivity index (χ0n) is 14.4. The second-order valence-corrected chi connectivity index (χ2v) is 8.04. The zero-order chi connectivity index (χ0) is 17.4. The molecule has 5 nitrogen and oxygen atoms in total. The number of carbonyl (C=O) groups excluding carboxylic acids is 1. The number of carbonyl (C=O) groups is 1. The standard InChI is InChI=1S/C18H23FN4OS/c1-21-15(2-6-20-21)12-22-7-3-13-10-23(11-14(13)4-8-22)18(24)17-16(19)5-9-25-17/h2,5-6,9,13-14H,3-4,7-8,10-12H2,1H3/t13-,14+. The van der Waals surface area contributed by atoms with E-state index in [0.717, 1.165) is 45.6 Å². The molecule has 1 amide bonds. The minimum absolute atomic E-state index is 0.132. The van der Waals surface area contributed by atoms with Gasteiger partial charge in [0, 0.05) is 32.9 Å². The van der Waals surface area contributed by atoms with Gasteiger partial charge >= 0.3 is 0 Å². The third-order valence-electron chi connectivity index (χ3n) is 5.62. The summed E-state index contributed by atoms with van der Waals surface area (Å²) >= 11 is 1.20. The van der Waals surface area contributed by atoms with Crippen LogP contribution in [-0.2, 0) is 13.6 Å². The lowest BCUT2D eigenvalue weighted by Crippen LogP contribution is -2.31. The van der Waals surface area contributed by atoms with Crippen LogP contribution in [0.25, 0.3) is 0 Å². The number of aromatic nitrogens is 2. The fraction of sp³-hybridized carbons (Fsp3) is 0.556. The lowest BCUT2D eigenvalue weighted by Gasteiger charge is -2.21. The van der Waals surface area contributed by atoms with E-state index in [-0.39, 0.29) is 16.6 Å². The van der Waals surface area contributed by atoms with Crippen LogP contribution >= 0.6 is 11.3 Å². The number of fused-ring (bicyclic) bond motifs is 1. The molecule has 2 aromatic heterocycles. The summed E-state index contributed by atoms with van der Waals surface area (Å²) in [4.78, 5) is 17.2. The Bertz CT molecular complexity index is 742. The molecule has 2 saturated heterocycles. The van der Waals surface area contributed by atoms with E-state index in [1.54, 1.807) is 5.38 Å². The van der Waals surface area contributed by atoms with E-state index in [1.807, 2.05) is 22.8 Å². The molecule has 2 fully saturated rings. The van der Waals surface area contributed by atoms with Gasteiger partial charge < -0.3 is 4.90 Å². The van der Waals surface area contributed by atoms with Gasteiger partial charge in [-0.1, -0.05) is 0 Å². The van der Waals surface area contributed by atoms with Crippen LogP contribution in [0.2, 0.25) is 0 Å². The Kier molecular flexibility index (Phi) is 4.60. The van der Waals surface area contributed by atoms with E-state index in [9.17, 15) is 9.18 Å². The van der Waals surface area contributed by atoms with Gasteiger partial charge in [-0.15, -0.1) is 11.3 Å². The summed E-state index contributed by atoms with van der Waals surface area (Å²) < 4.78 is 15.6. The summed E-state index contributed by atoms with van der Waals surface area (Å²) in [6, 6.07) is 3.45. The first kappa shape index (κ1) is 16.7. The number of aryl methyl sites for hydroxylation is 1. The van der Waals surface area contributed by atoms with Crippen LogP contribution in [0.3, 0.4) is 0 Å². The summed E-state index contributed by atoms with van der Waals surface area (Å²) in [6.07, 6.45) is 4.04. The Labute approximate surface area is 151 Å². The molecule has 2 aliphatic heterocycles. The summed E-state index contributed by atoms with van der Waals surface area (Å²) in [5.41, 5.74) is 1.23. The van der Waals surface area contributed by atoms with E-state index in [1.165, 1.54) is 23.1 Å². The van der Waals surface area contributed by atoms with Crippen molar-refractivity contribution in [2.24, 2.45) is 18.9 Å². The average molecular weight is 362 g/mol. The monoisotopic (exact) mass is 362 g/mol. The maximum Gasteiger partial charge on any atom is 0.266 e. The molecular formula is C18H23FN4OS. The Morgan fingerprint density at radius 3 is 2.56 bits per heavy atom. The van der Waals surface area contributed by atoms with Crippen LogP contribution in [0.15, 0.2) is 23.7 Å². The van der Waals surface area contributed by atoms with Gasteiger partial charge in [0.05, 0.1) is 5.69 Å². The highest BCUT2D eigenvalue weighted by molar-refractivity contribution is 7.12. The van der Waals surface area contributed by atoms with Gasteiger partial charge in [-0.05, 0) is 55.3 Å². The fourth-order valence-electron chi connectivity index (χ4n) is 4.10. The van der Waals surface area contributed by atoms with E-state index in [2.05, 4.69) is 16.1 Å². The second kappa shape index (κ2) is 6.88. The smallest absolute Gasteiger partial charge is 0.266 e. The molecule has 2 aliphatic rings. The number of likely N-dealkylation sites (tertiary alicyclic amines) is 2. The first-order valence-corrected chi connectivity index (χ1v) is 9.71. The molecule has 7 heteroatoms. The van der Waals surface area contributed by atoms with Crippen molar-refractivity contribution in [3.63, 3.8) is 0 Å². The number of amides is 1. The Morgan fingerprint density at radius 1 is 1.28 bits per heavy atom. The highest BCUT2D eigenvalue weighted by Gasteiger charge is 2.37. The lowest BCUT2D eigenvalue weighted by molar-refractivity contribution is 0.0780. The molecule has 134 valence electrons. The minimum Gasteiger partial charge on any atom is -0.337 e. The number of halogens is 1. The van der Waals surface area contributed by atoms with Crippen LogP contribution in [0.1, 0.15) is 28.2 Å². The van der Waals surface area contributed by atoms with E-state index < -0.39 is 0 Å². The predicted octanol–water partition coefficient (Wildman–Crippen LogP) is 2.60.